The van der Waals surface area contributed by atoms with E-state index in [0.717, 1.165) is 0 Å². The molecule has 160 valence electrons. The molecule has 0 aliphatic rings. The first-order chi connectivity index (χ1) is 13.9. The molecule has 1 aromatic heterocycles. The van der Waals surface area contributed by atoms with Crippen molar-refractivity contribution >= 4 is 28.5 Å². The minimum Gasteiger partial charge on any atom is -0.287 e. The molecule has 1 heterocycles. The van der Waals surface area contributed by atoms with E-state index in [0.29, 0.717) is 28.9 Å². The van der Waals surface area contributed by atoms with Gasteiger partial charge in [0, 0.05) is 5.70 Å². The number of alkyl halides is 6. The molecule has 0 saturated heterocycles. The monoisotopic (exact) mass is 446 g/mol. The van der Waals surface area contributed by atoms with Crippen LogP contribution in [0.1, 0.15) is 23.6 Å². The van der Waals surface area contributed by atoms with Gasteiger partial charge < -0.3 is 0 Å². The maximum absolute atomic E-state index is 13.2. The van der Waals surface area contributed by atoms with Gasteiger partial charge in [0.25, 0.3) is 0 Å². The largest absolute Gasteiger partial charge is 0.416 e. The van der Waals surface area contributed by atoms with Crippen molar-refractivity contribution in [2.24, 2.45) is 0 Å². The number of nitrogens with zero attached hydrogens (tertiary/aromatic N) is 2. The summed E-state index contributed by atoms with van der Waals surface area (Å²) in [5, 5.41) is 1.73. The number of para-hydroxylation sites is 2. The fourth-order valence-electron chi connectivity index (χ4n) is 3.22. The number of fused-ring (bicyclic) bond motifs is 1. The van der Waals surface area contributed by atoms with Crippen molar-refractivity contribution in [2.45, 2.75) is 25.8 Å². The van der Waals surface area contributed by atoms with E-state index in [4.69, 9.17) is 0 Å². The zero-order valence-electron chi connectivity index (χ0n) is 15.8. The van der Waals surface area contributed by atoms with Crippen molar-refractivity contribution in [2.75, 3.05) is 6.26 Å². The predicted octanol–water partition coefficient (Wildman–Crippen LogP) is 6.07. The molecule has 0 N–H and O–H groups in total. The lowest BCUT2D eigenvalue weighted by Gasteiger charge is -2.14. The standard InChI is InChI=1S/C20H16F6N2OS/c1-12(11-30-2)28-17-6-4-3-5-16(17)27(18(28)29)10-13-7-14(19(21,22)23)9-15(8-13)20(24,25)26/h3-9,11H,10H2,1-2H3/b12-11-. The smallest absolute Gasteiger partial charge is 0.287 e. The van der Waals surface area contributed by atoms with Crippen molar-refractivity contribution in [3.63, 3.8) is 0 Å². The van der Waals surface area contributed by atoms with Crippen LogP contribution in [0.3, 0.4) is 0 Å². The van der Waals surface area contributed by atoms with Crippen LogP contribution in [-0.2, 0) is 18.9 Å². The Balaban J connectivity index is 2.21. The number of hydrogen-bond donors (Lipinski definition) is 0. The second kappa shape index (κ2) is 7.90. The van der Waals surface area contributed by atoms with Crippen LogP contribution in [0.25, 0.3) is 16.7 Å². The van der Waals surface area contributed by atoms with Crippen LogP contribution in [0.2, 0.25) is 0 Å². The summed E-state index contributed by atoms with van der Waals surface area (Å²) >= 11 is 1.36. The van der Waals surface area contributed by atoms with Crippen molar-refractivity contribution in [1.29, 1.82) is 0 Å². The van der Waals surface area contributed by atoms with Crippen LogP contribution < -0.4 is 5.69 Å². The van der Waals surface area contributed by atoms with Gasteiger partial charge in [-0.1, -0.05) is 12.1 Å². The molecule has 0 bridgehead atoms. The summed E-state index contributed by atoms with van der Waals surface area (Å²) in [7, 11) is 0. The minimum atomic E-state index is -4.95. The predicted molar refractivity (Wildman–Crippen MR) is 105 cm³/mol. The molecule has 0 fully saturated rings. The number of benzene rings is 2. The molecule has 0 spiro atoms. The molecule has 0 unspecified atom stereocenters. The highest BCUT2D eigenvalue weighted by Gasteiger charge is 2.37. The molecule has 0 aliphatic carbocycles. The van der Waals surface area contributed by atoms with Crippen LogP contribution in [0.5, 0.6) is 0 Å². The van der Waals surface area contributed by atoms with Gasteiger partial charge in [-0.25, -0.2) is 4.79 Å². The second-order valence-corrected chi connectivity index (χ2v) is 7.31. The Bertz CT molecular complexity index is 1140. The normalized spacial score (nSPS) is 13.3. The van der Waals surface area contributed by atoms with Gasteiger partial charge in [-0.15, -0.1) is 11.8 Å². The number of hydrogen-bond acceptors (Lipinski definition) is 2. The third-order valence-corrected chi connectivity index (χ3v) is 5.04. The average molecular weight is 446 g/mol. The van der Waals surface area contributed by atoms with Crippen LogP contribution in [0.4, 0.5) is 26.3 Å². The van der Waals surface area contributed by atoms with E-state index in [1.54, 1.807) is 42.9 Å². The minimum absolute atomic E-state index is 0.0703. The zero-order valence-corrected chi connectivity index (χ0v) is 16.6. The lowest BCUT2D eigenvalue weighted by Crippen LogP contribution is -2.24. The highest BCUT2D eigenvalue weighted by molar-refractivity contribution is 8.01. The average Bonchev–Trinajstić information content (AvgIpc) is 2.92. The van der Waals surface area contributed by atoms with Crippen LogP contribution in [-0.4, -0.2) is 15.4 Å². The quantitative estimate of drug-likeness (QED) is 0.455. The number of aromatic nitrogens is 2. The highest BCUT2D eigenvalue weighted by atomic mass is 32.2. The van der Waals surface area contributed by atoms with Crippen molar-refractivity contribution < 1.29 is 26.3 Å². The number of thioether (sulfide) groups is 1. The van der Waals surface area contributed by atoms with E-state index < -0.39 is 35.7 Å². The van der Waals surface area contributed by atoms with Gasteiger partial charge in [0.1, 0.15) is 0 Å². The Hall–Kier alpha value is -2.62. The highest BCUT2D eigenvalue weighted by Crippen LogP contribution is 2.36. The topological polar surface area (TPSA) is 26.9 Å². The molecular formula is C20H16F6N2OS. The van der Waals surface area contributed by atoms with Gasteiger partial charge in [0.15, 0.2) is 0 Å². The van der Waals surface area contributed by atoms with Gasteiger partial charge in [0.2, 0.25) is 0 Å². The van der Waals surface area contributed by atoms with Crippen LogP contribution >= 0.6 is 11.8 Å². The van der Waals surface area contributed by atoms with Crippen LogP contribution in [0, 0.1) is 0 Å². The summed E-state index contributed by atoms with van der Waals surface area (Å²) in [6, 6.07) is 7.94. The molecule has 0 saturated carbocycles. The Kier molecular flexibility index (Phi) is 5.81. The van der Waals surface area contributed by atoms with Gasteiger partial charge in [-0.05, 0) is 54.5 Å². The maximum atomic E-state index is 13.2. The zero-order chi connectivity index (χ0) is 22.3. The first kappa shape index (κ1) is 22.1. The van der Waals surface area contributed by atoms with Crippen LogP contribution in [0.15, 0.2) is 52.7 Å². The van der Waals surface area contributed by atoms with E-state index in [9.17, 15) is 31.1 Å². The Morgan fingerprint density at radius 1 is 0.967 bits per heavy atom. The third-order valence-electron chi connectivity index (χ3n) is 4.46. The molecule has 3 rings (SSSR count). The van der Waals surface area contributed by atoms with E-state index in [1.807, 2.05) is 0 Å². The Morgan fingerprint density at radius 2 is 1.50 bits per heavy atom. The second-order valence-electron chi connectivity index (χ2n) is 6.60. The first-order valence-electron chi connectivity index (χ1n) is 8.62. The third kappa shape index (κ3) is 4.28. The van der Waals surface area contributed by atoms with E-state index >= 15 is 0 Å². The maximum Gasteiger partial charge on any atom is 0.416 e. The van der Waals surface area contributed by atoms with Gasteiger partial charge in [-0.2, -0.15) is 26.3 Å². The summed E-state index contributed by atoms with van der Waals surface area (Å²) in [6.45, 7) is 1.26. The molecule has 0 aliphatic heterocycles. The molecular weight excluding hydrogens is 430 g/mol. The van der Waals surface area contributed by atoms with Gasteiger partial charge in [-0.3, -0.25) is 9.13 Å². The van der Waals surface area contributed by atoms with E-state index in [-0.39, 0.29) is 11.6 Å². The summed E-state index contributed by atoms with van der Waals surface area (Å²) in [6.07, 6.45) is -8.10. The molecule has 30 heavy (non-hydrogen) atoms. The Labute approximate surface area is 171 Å². The molecule has 0 radical (unpaired) electrons. The van der Waals surface area contributed by atoms with Crippen molar-refractivity contribution in [1.82, 2.24) is 9.13 Å². The molecule has 2 aromatic carbocycles. The lowest BCUT2D eigenvalue weighted by molar-refractivity contribution is -0.143. The van der Waals surface area contributed by atoms with Gasteiger partial charge >= 0.3 is 18.0 Å². The lowest BCUT2D eigenvalue weighted by atomic mass is 10.0. The number of halogens is 6. The molecule has 3 aromatic rings. The van der Waals surface area contributed by atoms with Gasteiger partial charge in [0.05, 0.1) is 28.7 Å². The van der Waals surface area contributed by atoms with E-state index in [2.05, 4.69) is 0 Å². The molecule has 0 atom stereocenters. The fourth-order valence-corrected chi connectivity index (χ4v) is 3.66. The first-order valence-corrected chi connectivity index (χ1v) is 9.91. The molecule has 10 heteroatoms. The summed E-state index contributed by atoms with van der Waals surface area (Å²) in [4.78, 5) is 13.0. The summed E-state index contributed by atoms with van der Waals surface area (Å²) in [5.74, 6) is 0. The Morgan fingerprint density at radius 3 is 2.00 bits per heavy atom. The van der Waals surface area contributed by atoms with E-state index in [1.165, 1.54) is 20.9 Å². The SMILES string of the molecule is CS/C=C(/C)n1c(=O)n(Cc2cc(C(F)(F)F)cc(C(F)(F)F)c2)c2ccccc21. The molecule has 0 amide bonds. The number of allylic oxidation sites excluding steroid dienone is 1. The number of imidazole rings is 1. The molecule has 3 nitrogen and oxygen atoms in total. The van der Waals surface area contributed by atoms with Crippen molar-refractivity contribution in [3.05, 3.63) is 75.0 Å². The summed E-state index contributed by atoms with van der Waals surface area (Å²) in [5.41, 5.74) is -2.15. The van der Waals surface area contributed by atoms with Crippen molar-refractivity contribution in [3.8, 4) is 0 Å². The number of rotatable bonds is 4. The fraction of sp³-hybridized carbons (Fsp3) is 0.250. The summed E-state index contributed by atoms with van der Waals surface area (Å²) < 4.78 is 81.5.